The molecule has 0 atom stereocenters. The normalized spacial score (nSPS) is 15.4. The molecule has 6 nitrogen and oxygen atoms in total. The Balaban J connectivity index is 1.61. The Kier molecular flexibility index (Phi) is 5.91. The van der Waals surface area contributed by atoms with E-state index in [1.807, 2.05) is 37.4 Å². The predicted molar refractivity (Wildman–Crippen MR) is 131 cm³/mol. The Hall–Kier alpha value is -3.53. The first-order valence-electron chi connectivity index (χ1n) is 11.5. The summed E-state index contributed by atoms with van der Waals surface area (Å²) in [6.07, 6.45) is 5.23. The fourth-order valence-corrected chi connectivity index (χ4v) is 4.54. The third-order valence-corrected chi connectivity index (χ3v) is 6.42. The lowest BCUT2D eigenvalue weighted by molar-refractivity contribution is 0.266. The molecule has 1 fully saturated rings. The molecule has 1 saturated heterocycles. The molecule has 0 unspecified atom stereocenters. The van der Waals surface area contributed by atoms with Crippen LogP contribution >= 0.6 is 0 Å². The van der Waals surface area contributed by atoms with Crippen LogP contribution in [0.15, 0.2) is 60.9 Å². The standard InChI is InChI=1S/C27H28N6/c1-20-16-23(10-11-29-20)24-8-9-26-30-27(22-6-4-21(17-28)5-7-22)25(33(26)18-24)19-32-13-3-12-31(2)14-15-32/h4-11,16,18H,3,12-15,19H2,1-2H3. The van der Waals surface area contributed by atoms with Crippen molar-refractivity contribution in [1.82, 2.24) is 24.2 Å². The van der Waals surface area contributed by atoms with Gasteiger partial charge in [-0.05, 0) is 81.0 Å². The van der Waals surface area contributed by atoms with Gasteiger partial charge < -0.3 is 9.30 Å². The van der Waals surface area contributed by atoms with E-state index >= 15 is 0 Å². The smallest absolute Gasteiger partial charge is 0.137 e. The molecule has 0 aliphatic carbocycles. The van der Waals surface area contributed by atoms with Gasteiger partial charge in [0, 0.05) is 43.3 Å². The highest BCUT2D eigenvalue weighted by molar-refractivity contribution is 5.70. The van der Waals surface area contributed by atoms with Crippen LogP contribution < -0.4 is 0 Å². The third kappa shape index (κ3) is 4.51. The molecule has 4 aromatic rings. The monoisotopic (exact) mass is 436 g/mol. The van der Waals surface area contributed by atoms with Crippen molar-refractivity contribution in [2.45, 2.75) is 19.9 Å². The highest BCUT2D eigenvalue weighted by Crippen LogP contribution is 2.29. The lowest BCUT2D eigenvalue weighted by Gasteiger charge is -2.21. The lowest BCUT2D eigenvalue weighted by atomic mass is 10.1. The van der Waals surface area contributed by atoms with Crippen molar-refractivity contribution in [2.75, 3.05) is 33.2 Å². The summed E-state index contributed by atoms with van der Waals surface area (Å²) < 4.78 is 2.24. The Labute approximate surface area is 194 Å². The fourth-order valence-electron chi connectivity index (χ4n) is 4.54. The molecule has 0 radical (unpaired) electrons. The Bertz CT molecular complexity index is 1310. The van der Waals surface area contributed by atoms with E-state index in [9.17, 15) is 5.26 Å². The number of rotatable bonds is 4. The van der Waals surface area contributed by atoms with E-state index < -0.39 is 0 Å². The highest BCUT2D eigenvalue weighted by atomic mass is 15.2. The average molecular weight is 437 g/mol. The largest absolute Gasteiger partial charge is 0.305 e. The molecule has 1 aliphatic rings. The van der Waals surface area contributed by atoms with Crippen LogP contribution in [-0.4, -0.2) is 57.4 Å². The predicted octanol–water partition coefficient (Wildman–Crippen LogP) is 4.38. The number of nitrogens with zero attached hydrogens (tertiary/aromatic N) is 6. The van der Waals surface area contributed by atoms with Gasteiger partial charge >= 0.3 is 0 Å². The average Bonchev–Trinajstić information content (AvgIpc) is 3.06. The number of hydrogen-bond acceptors (Lipinski definition) is 5. The van der Waals surface area contributed by atoms with Gasteiger partial charge in [0.05, 0.1) is 23.0 Å². The number of fused-ring (bicyclic) bond motifs is 1. The minimum Gasteiger partial charge on any atom is -0.305 e. The van der Waals surface area contributed by atoms with Crippen molar-refractivity contribution >= 4 is 5.65 Å². The molecule has 4 heterocycles. The van der Waals surface area contributed by atoms with Gasteiger partial charge in [-0.1, -0.05) is 12.1 Å². The van der Waals surface area contributed by atoms with Crippen LogP contribution in [0.3, 0.4) is 0 Å². The summed E-state index contributed by atoms with van der Waals surface area (Å²) in [7, 11) is 2.20. The second-order valence-electron chi connectivity index (χ2n) is 8.86. The summed E-state index contributed by atoms with van der Waals surface area (Å²) in [5.74, 6) is 0. The molecule has 5 rings (SSSR count). The van der Waals surface area contributed by atoms with Crippen LogP contribution in [0.2, 0.25) is 0 Å². The highest BCUT2D eigenvalue weighted by Gasteiger charge is 2.20. The summed E-state index contributed by atoms with van der Waals surface area (Å²) in [4.78, 5) is 14.3. The maximum atomic E-state index is 9.21. The van der Waals surface area contributed by atoms with Crippen LogP contribution in [0, 0.1) is 18.3 Å². The minimum atomic E-state index is 0.662. The fraction of sp³-hybridized carbons (Fsp3) is 0.296. The van der Waals surface area contributed by atoms with E-state index in [0.29, 0.717) is 5.56 Å². The maximum Gasteiger partial charge on any atom is 0.137 e. The van der Waals surface area contributed by atoms with Crippen LogP contribution in [0.1, 0.15) is 23.4 Å². The first-order chi connectivity index (χ1) is 16.1. The number of benzene rings is 1. The van der Waals surface area contributed by atoms with E-state index in [1.54, 1.807) is 0 Å². The summed E-state index contributed by atoms with van der Waals surface area (Å²) in [6, 6.07) is 18.4. The third-order valence-electron chi connectivity index (χ3n) is 6.42. The number of aromatic nitrogens is 3. The lowest BCUT2D eigenvalue weighted by Crippen LogP contribution is -2.29. The zero-order chi connectivity index (χ0) is 22.8. The molecule has 0 N–H and O–H groups in total. The quantitative estimate of drug-likeness (QED) is 0.475. The summed E-state index contributed by atoms with van der Waals surface area (Å²) >= 11 is 0. The number of pyridine rings is 2. The minimum absolute atomic E-state index is 0.662. The van der Waals surface area contributed by atoms with Crippen molar-refractivity contribution in [3.8, 4) is 28.5 Å². The molecular weight excluding hydrogens is 408 g/mol. The van der Waals surface area contributed by atoms with E-state index in [4.69, 9.17) is 4.98 Å². The molecular formula is C27H28N6. The van der Waals surface area contributed by atoms with Gasteiger partial charge in [-0.15, -0.1) is 0 Å². The van der Waals surface area contributed by atoms with Gasteiger partial charge in [-0.2, -0.15) is 5.26 Å². The first kappa shape index (κ1) is 21.3. The molecule has 0 amide bonds. The molecule has 0 saturated carbocycles. The van der Waals surface area contributed by atoms with Gasteiger partial charge in [0.2, 0.25) is 0 Å². The number of imidazole rings is 1. The van der Waals surface area contributed by atoms with Crippen molar-refractivity contribution in [2.24, 2.45) is 0 Å². The van der Waals surface area contributed by atoms with Gasteiger partial charge in [-0.25, -0.2) is 4.98 Å². The van der Waals surface area contributed by atoms with Crippen molar-refractivity contribution < 1.29 is 0 Å². The second kappa shape index (κ2) is 9.14. The van der Waals surface area contributed by atoms with Gasteiger partial charge in [0.15, 0.2) is 0 Å². The molecule has 1 aliphatic heterocycles. The number of likely N-dealkylation sites (N-methyl/N-ethyl adjacent to an activating group) is 1. The molecule has 33 heavy (non-hydrogen) atoms. The van der Waals surface area contributed by atoms with E-state index in [1.165, 1.54) is 12.1 Å². The number of hydrogen-bond donors (Lipinski definition) is 0. The van der Waals surface area contributed by atoms with Crippen LogP contribution in [0.25, 0.3) is 28.0 Å². The molecule has 6 heteroatoms. The SMILES string of the molecule is Cc1cc(-c2ccc3nc(-c4ccc(C#N)cc4)c(CN4CCCN(C)CC4)n3c2)ccn1. The van der Waals surface area contributed by atoms with Gasteiger partial charge in [0.25, 0.3) is 0 Å². The van der Waals surface area contributed by atoms with Crippen LogP contribution in [0.4, 0.5) is 0 Å². The number of aryl methyl sites for hydroxylation is 1. The van der Waals surface area contributed by atoms with Crippen molar-refractivity contribution in [3.05, 3.63) is 77.9 Å². The zero-order valence-electron chi connectivity index (χ0n) is 19.2. The number of nitriles is 1. The van der Waals surface area contributed by atoms with E-state index in [0.717, 1.165) is 66.4 Å². The van der Waals surface area contributed by atoms with E-state index in [2.05, 4.69) is 62.8 Å². The zero-order valence-corrected chi connectivity index (χ0v) is 19.2. The van der Waals surface area contributed by atoms with Crippen molar-refractivity contribution in [3.63, 3.8) is 0 Å². The maximum absolute atomic E-state index is 9.21. The summed E-state index contributed by atoms with van der Waals surface area (Å²) in [5, 5.41) is 9.21. The van der Waals surface area contributed by atoms with Crippen LogP contribution in [-0.2, 0) is 6.54 Å². The Morgan fingerprint density at radius 3 is 2.55 bits per heavy atom. The van der Waals surface area contributed by atoms with E-state index in [-0.39, 0.29) is 0 Å². The molecule has 166 valence electrons. The molecule has 1 aromatic carbocycles. The topological polar surface area (TPSA) is 60.5 Å². The Morgan fingerprint density at radius 2 is 1.76 bits per heavy atom. The van der Waals surface area contributed by atoms with Gasteiger partial charge in [-0.3, -0.25) is 9.88 Å². The Morgan fingerprint density at radius 1 is 0.939 bits per heavy atom. The van der Waals surface area contributed by atoms with Gasteiger partial charge in [0.1, 0.15) is 5.65 Å². The molecule has 3 aromatic heterocycles. The second-order valence-corrected chi connectivity index (χ2v) is 8.86. The van der Waals surface area contributed by atoms with Crippen LogP contribution in [0.5, 0.6) is 0 Å². The van der Waals surface area contributed by atoms with Crippen molar-refractivity contribution in [1.29, 1.82) is 5.26 Å². The summed E-state index contributed by atoms with van der Waals surface area (Å²) in [5.41, 5.74) is 8.12. The molecule has 0 spiro atoms. The first-order valence-corrected chi connectivity index (χ1v) is 11.5. The molecule has 0 bridgehead atoms. The summed E-state index contributed by atoms with van der Waals surface area (Å²) in [6.45, 7) is 7.18.